The second-order valence-electron chi connectivity index (χ2n) is 6.23. The summed E-state index contributed by atoms with van der Waals surface area (Å²) < 4.78 is 5.80. The van der Waals surface area contributed by atoms with Crippen LogP contribution in [-0.2, 0) is 9.59 Å². The molecule has 0 unspecified atom stereocenters. The van der Waals surface area contributed by atoms with Crippen LogP contribution in [0.2, 0.25) is 0 Å². The number of allylic oxidation sites excluding steroid dienone is 1. The number of carbonyl (C=O) groups is 2. The van der Waals surface area contributed by atoms with Crippen LogP contribution in [0.4, 0.5) is 5.69 Å². The Balaban J connectivity index is 2.56. The fourth-order valence-corrected chi connectivity index (χ4v) is 2.54. The lowest BCUT2D eigenvalue weighted by Gasteiger charge is -2.41. The Hall–Kier alpha value is -2.30. The first kappa shape index (κ1) is 16.1. The van der Waals surface area contributed by atoms with Gasteiger partial charge in [-0.1, -0.05) is 6.07 Å². The van der Waals surface area contributed by atoms with Crippen LogP contribution in [-0.4, -0.2) is 28.6 Å². The van der Waals surface area contributed by atoms with E-state index in [1.807, 2.05) is 13.8 Å². The molecular weight excluding hydrogens is 282 g/mol. The average Bonchev–Trinajstić information content (AvgIpc) is 2.38. The number of hydrogen-bond acceptors (Lipinski definition) is 3. The van der Waals surface area contributed by atoms with Gasteiger partial charge in [-0.25, -0.2) is 4.79 Å². The first-order valence-electron chi connectivity index (χ1n) is 7.22. The van der Waals surface area contributed by atoms with E-state index in [2.05, 4.69) is 0 Å². The van der Waals surface area contributed by atoms with Gasteiger partial charge in [-0.2, -0.15) is 0 Å². The summed E-state index contributed by atoms with van der Waals surface area (Å²) in [5, 5.41) is 8.87. The minimum absolute atomic E-state index is 0.0200. The van der Waals surface area contributed by atoms with E-state index in [4.69, 9.17) is 9.84 Å². The van der Waals surface area contributed by atoms with Crippen LogP contribution in [0.5, 0.6) is 5.75 Å². The van der Waals surface area contributed by atoms with Crippen LogP contribution >= 0.6 is 0 Å². The molecule has 1 aliphatic heterocycles. The Bertz CT molecular complexity index is 659. The van der Waals surface area contributed by atoms with Gasteiger partial charge in [-0.05, 0) is 57.9 Å². The number of carboxylic acids is 1. The molecule has 22 heavy (non-hydrogen) atoms. The van der Waals surface area contributed by atoms with E-state index in [9.17, 15) is 9.59 Å². The van der Waals surface area contributed by atoms with E-state index < -0.39 is 11.6 Å². The van der Waals surface area contributed by atoms with Crippen molar-refractivity contribution in [3.63, 3.8) is 0 Å². The van der Waals surface area contributed by atoms with Gasteiger partial charge in [0.1, 0.15) is 5.75 Å². The van der Waals surface area contributed by atoms with E-state index in [0.717, 1.165) is 11.6 Å². The maximum absolute atomic E-state index is 12.6. The predicted octanol–water partition coefficient (Wildman–Crippen LogP) is 3.09. The Morgan fingerprint density at radius 2 is 2.00 bits per heavy atom. The van der Waals surface area contributed by atoms with Crippen molar-refractivity contribution in [2.24, 2.45) is 0 Å². The summed E-state index contributed by atoms with van der Waals surface area (Å²) in [6.07, 6.45) is 1.15. The van der Waals surface area contributed by atoms with Gasteiger partial charge in [-0.15, -0.1) is 0 Å². The Morgan fingerprint density at radius 3 is 2.55 bits per heavy atom. The van der Waals surface area contributed by atoms with Crippen LogP contribution in [0.3, 0.4) is 0 Å². The van der Waals surface area contributed by atoms with Gasteiger partial charge in [0.05, 0.1) is 5.69 Å². The number of nitrogens with zero attached hydrogens (tertiary/aromatic N) is 1. The lowest BCUT2D eigenvalue weighted by Crippen LogP contribution is -2.54. The largest absolute Gasteiger partial charge is 0.478 e. The van der Waals surface area contributed by atoms with Crippen molar-refractivity contribution in [2.75, 3.05) is 4.90 Å². The highest BCUT2D eigenvalue weighted by atomic mass is 16.5. The SMILES string of the molecule is C/C(=C\C(=O)O)c1ccc2c(c1)N(C(C)C)C(=O)C(C)(C)O2. The molecule has 0 aromatic heterocycles. The summed E-state index contributed by atoms with van der Waals surface area (Å²) in [5.41, 5.74) is 1.14. The molecule has 1 heterocycles. The Labute approximate surface area is 130 Å². The summed E-state index contributed by atoms with van der Waals surface area (Å²) in [4.78, 5) is 25.1. The van der Waals surface area contributed by atoms with Crippen LogP contribution in [0, 0.1) is 0 Å². The standard InChI is InChI=1S/C17H21NO4/c1-10(2)18-13-9-12(11(3)8-15(19)20)6-7-14(13)22-17(4,5)16(18)21/h6-10H,1-5H3,(H,19,20)/b11-8+. The quantitative estimate of drug-likeness (QED) is 0.871. The molecular formula is C17H21NO4. The zero-order chi connectivity index (χ0) is 16.7. The van der Waals surface area contributed by atoms with Crippen molar-refractivity contribution < 1.29 is 19.4 Å². The van der Waals surface area contributed by atoms with Crippen molar-refractivity contribution >= 4 is 23.1 Å². The lowest BCUT2D eigenvalue weighted by atomic mass is 9.99. The number of rotatable bonds is 3. The van der Waals surface area contributed by atoms with E-state index in [0.29, 0.717) is 17.0 Å². The molecule has 5 nitrogen and oxygen atoms in total. The third-order valence-corrected chi connectivity index (χ3v) is 3.63. The minimum atomic E-state index is -0.996. The van der Waals surface area contributed by atoms with Gasteiger partial charge in [0.25, 0.3) is 5.91 Å². The molecule has 0 radical (unpaired) electrons. The minimum Gasteiger partial charge on any atom is -0.478 e. The molecule has 0 spiro atoms. The molecule has 0 aliphatic carbocycles. The fourth-order valence-electron chi connectivity index (χ4n) is 2.54. The number of anilines is 1. The molecule has 1 aliphatic rings. The topological polar surface area (TPSA) is 66.8 Å². The van der Waals surface area contributed by atoms with E-state index in [1.165, 1.54) is 0 Å². The highest BCUT2D eigenvalue weighted by molar-refractivity contribution is 6.03. The molecule has 1 aromatic carbocycles. The second-order valence-corrected chi connectivity index (χ2v) is 6.23. The van der Waals surface area contributed by atoms with Gasteiger partial charge in [0, 0.05) is 12.1 Å². The highest BCUT2D eigenvalue weighted by Crippen LogP contribution is 2.40. The number of carboxylic acid groups (broad SMARTS) is 1. The molecule has 0 saturated carbocycles. The molecule has 1 N–H and O–H groups in total. The van der Waals surface area contributed by atoms with Crippen molar-refractivity contribution in [1.29, 1.82) is 0 Å². The maximum Gasteiger partial charge on any atom is 0.328 e. The average molecular weight is 303 g/mol. The van der Waals surface area contributed by atoms with E-state index in [1.54, 1.807) is 43.9 Å². The molecule has 0 bridgehead atoms. The van der Waals surface area contributed by atoms with Gasteiger partial charge < -0.3 is 14.7 Å². The van der Waals surface area contributed by atoms with Gasteiger partial charge in [0.15, 0.2) is 5.60 Å². The lowest BCUT2D eigenvalue weighted by molar-refractivity contribution is -0.133. The van der Waals surface area contributed by atoms with Crippen LogP contribution in [0.15, 0.2) is 24.3 Å². The number of hydrogen-bond donors (Lipinski definition) is 1. The molecule has 2 rings (SSSR count). The van der Waals surface area contributed by atoms with Crippen molar-refractivity contribution in [1.82, 2.24) is 0 Å². The van der Waals surface area contributed by atoms with Gasteiger partial charge in [-0.3, -0.25) is 4.79 Å². The van der Waals surface area contributed by atoms with Crippen LogP contribution in [0.1, 0.15) is 40.2 Å². The zero-order valence-corrected chi connectivity index (χ0v) is 13.5. The summed E-state index contributed by atoms with van der Waals surface area (Å²) in [6.45, 7) is 9.10. The van der Waals surface area contributed by atoms with Crippen molar-refractivity contribution in [3.8, 4) is 5.75 Å². The number of fused-ring (bicyclic) bond motifs is 1. The first-order valence-corrected chi connectivity index (χ1v) is 7.22. The summed E-state index contributed by atoms with van der Waals surface area (Å²) in [7, 11) is 0. The third kappa shape index (κ3) is 2.84. The fraction of sp³-hybridized carbons (Fsp3) is 0.412. The van der Waals surface area contributed by atoms with Gasteiger partial charge in [0.2, 0.25) is 0 Å². The molecule has 0 fully saturated rings. The maximum atomic E-state index is 12.6. The highest BCUT2D eigenvalue weighted by Gasteiger charge is 2.41. The Morgan fingerprint density at radius 1 is 1.36 bits per heavy atom. The number of amides is 1. The van der Waals surface area contributed by atoms with Crippen molar-refractivity contribution in [3.05, 3.63) is 29.8 Å². The molecule has 0 saturated heterocycles. The molecule has 118 valence electrons. The van der Waals surface area contributed by atoms with E-state index >= 15 is 0 Å². The molecule has 1 amide bonds. The number of aliphatic carboxylic acids is 1. The van der Waals surface area contributed by atoms with Crippen LogP contribution in [0.25, 0.3) is 5.57 Å². The van der Waals surface area contributed by atoms with Gasteiger partial charge >= 0.3 is 5.97 Å². The molecule has 1 aromatic rings. The smallest absolute Gasteiger partial charge is 0.328 e. The van der Waals surface area contributed by atoms with Crippen molar-refractivity contribution in [2.45, 2.75) is 46.3 Å². The zero-order valence-electron chi connectivity index (χ0n) is 13.5. The Kier molecular flexibility index (Phi) is 4.00. The third-order valence-electron chi connectivity index (χ3n) is 3.63. The summed E-state index contributed by atoms with van der Waals surface area (Å²) in [6, 6.07) is 5.37. The summed E-state index contributed by atoms with van der Waals surface area (Å²) in [5.74, 6) is -0.471. The number of ether oxygens (including phenoxy) is 1. The van der Waals surface area contributed by atoms with E-state index in [-0.39, 0.29) is 11.9 Å². The second kappa shape index (κ2) is 5.48. The first-order chi connectivity index (χ1) is 10.1. The number of benzene rings is 1. The monoisotopic (exact) mass is 303 g/mol. The molecule has 5 heteroatoms. The molecule has 0 atom stereocenters. The summed E-state index contributed by atoms with van der Waals surface area (Å²) >= 11 is 0. The normalized spacial score (nSPS) is 17.3. The van der Waals surface area contributed by atoms with Crippen LogP contribution < -0.4 is 9.64 Å². The number of carbonyl (C=O) groups excluding carboxylic acids is 1. The predicted molar refractivity (Wildman–Crippen MR) is 85.1 cm³/mol.